The van der Waals surface area contributed by atoms with E-state index in [1.54, 1.807) is 12.8 Å². The minimum absolute atomic E-state index is 1.18. The Bertz CT molecular complexity index is 76.0. The summed E-state index contributed by atoms with van der Waals surface area (Å²) in [6.45, 7) is 2.32. The van der Waals surface area contributed by atoms with Crippen molar-refractivity contribution < 1.29 is 0 Å². The number of hydrogen-bond donors (Lipinski definition) is 0. The van der Waals surface area contributed by atoms with Gasteiger partial charge in [-0.2, -0.15) is 0 Å². The van der Waals surface area contributed by atoms with Gasteiger partial charge in [0.1, 0.15) is 0 Å². The average Bonchev–Trinajstić information content (AvgIpc) is 2.07. The van der Waals surface area contributed by atoms with Crippen molar-refractivity contribution in [3.05, 3.63) is 0 Å². The molecular weight excluding hydrogens is 84.1 g/mol. The molecule has 0 aromatic heterocycles. The van der Waals surface area contributed by atoms with Crippen LogP contribution in [0.3, 0.4) is 0 Å². The van der Waals surface area contributed by atoms with Crippen molar-refractivity contribution in [2.24, 2.45) is 17.8 Å². The van der Waals surface area contributed by atoms with Crippen molar-refractivity contribution in [2.75, 3.05) is 0 Å². The van der Waals surface area contributed by atoms with Crippen molar-refractivity contribution in [2.45, 2.75) is 26.2 Å². The Morgan fingerprint density at radius 3 is 2.00 bits per heavy atom. The number of rotatable bonds is 1. The Kier molecular flexibility index (Phi) is 0.586. The first kappa shape index (κ1) is 3.94. The molecule has 2 atom stereocenters. The van der Waals surface area contributed by atoms with E-state index >= 15 is 0 Å². The second-order valence-corrected chi connectivity index (χ2v) is 2.98. The summed E-state index contributed by atoms with van der Waals surface area (Å²) in [5.41, 5.74) is 0. The van der Waals surface area contributed by atoms with Gasteiger partial charge >= 0.3 is 0 Å². The van der Waals surface area contributed by atoms with Crippen LogP contribution >= 0.6 is 0 Å². The van der Waals surface area contributed by atoms with Crippen molar-refractivity contribution in [1.82, 2.24) is 0 Å². The summed E-state index contributed by atoms with van der Waals surface area (Å²) >= 11 is 0. The Labute approximate surface area is 44.9 Å². The highest BCUT2D eigenvalue weighted by atomic mass is 14.6. The zero-order chi connectivity index (χ0) is 4.85. The molecule has 0 amide bonds. The van der Waals surface area contributed by atoms with E-state index in [0.717, 1.165) is 0 Å². The summed E-state index contributed by atoms with van der Waals surface area (Å²) in [4.78, 5) is 0. The minimum Gasteiger partial charge on any atom is -0.0651 e. The van der Waals surface area contributed by atoms with Crippen LogP contribution in [0.15, 0.2) is 0 Å². The highest BCUT2D eigenvalue weighted by Gasteiger charge is 2.54. The van der Waals surface area contributed by atoms with Crippen LogP contribution in [-0.4, -0.2) is 0 Å². The van der Waals surface area contributed by atoms with Gasteiger partial charge in [-0.25, -0.2) is 0 Å². The predicted molar refractivity (Wildman–Crippen MR) is 30.0 cm³/mol. The van der Waals surface area contributed by atoms with Crippen LogP contribution < -0.4 is 0 Å². The normalized spacial score (nSPS) is 55.3. The Hall–Kier alpha value is 0. The first-order chi connectivity index (χ1) is 3.43. The van der Waals surface area contributed by atoms with E-state index in [4.69, 9.17) is 0 Å². The molecule has 0 bridgehead atoms. The highest BCUT2D eigenvalue weighted by molar-refractivity contribution is 5.03. The molecule has 0 radical (unpaired) electrons. The van der Waals surface area contributed by atoms with E-state index in [-0.39, 0.29) is 0 Å². The molecule has 0 aromatic rings. The molecule has 0 spiro atoms. The first-order valence-corrected chi connectivity index (χ1v) is 3.43. The van der Waals surface area contributed by atoms with E-state index < -0.39 is 0 Å². The molecule has 0 N–H and O–H groups in total. The summed E-state index contributed by atoms with van der Waals surface area (Å²) in [7, 11) is 0. The molecular formula is C7H12. The summed E-state index contributed by atoms with van der Waals surface area (Å²) in [5, 5.41) is 0. The third-order valence-corrected chi connectivity index (χ3v) is 2.81. The standard InChI is InChI=1S/C7H12/c1-2-5-6-3-4-7(5)6/h5-7H,2-4H2,1H3. The fourth-order valence-electron chi connectivity index (χ4n) is 2.11. The smallest absolute Gasteiger partial charge is 0.0352 e. The van der Waals surface area contributed by atoms with Gasteiger partial charge in [0.15, 0.2) is 0 Å². The van der Waals surface area contributed by atoms with Crippen molar-refractivity contribution in [1.29, 1.82) is 0 Å². The van der Waals surface area contributed by atoms with Crippen LogP contribution in [0.4, 0.5) is 0 Å². The maximum atomic E-state index is 2.32. The molecule has 40 valence electrons. The largest absolute Gasteiger partial charge is 0.0651 e. The third kappa shape index (κ3) is 0.332. The molecule has 2 fully saturated rings. The van der Waals surface area contributed by atoms with E-state index in [9.17, 15) is 0 Å². The second-order valence-electron chi connectivity index (χ2n) is 2.98. The molecule has 0 nitrogen and oxygen atoms in total. The maximum Gasteiger partial charge on any atom is -0.0352 e. The molecule has 0 aliphatic heterocycles. The van der Waals surface area contributed by atoms with Gasteiger partial charge in [0, 0.05) is 0 Å². The Balaban J connectivity index is 1.95. The van der Waals surface area contributed by atoms with Gasteiger partial charge in [-0.3, -0.25) is 0 Å². The molecule has 2 unspecified atom stereocenters. The van der Waals surface area contributed by atoms with Crippen LogP contribution in [-0.2, 0) is 0 Å². The van der Waals surface area contributed by atoms with Crippen molar-refractivity contribution in [3.8, 4) is 0 Å². The molecule has 0 heterocycles. The number of hydrogen-bond acceptors (Lipinski definition) is 0. The first-order valence-electron chi connectivity index (χ1n) is 3.43. The van der Waals surface area contributed by atoms with Gasteiger partial charge in [0.05, 0.1) is 0 Å². The van der Waals surface area contributed by atoms with Crippen LogP contribution in [0.25, 0.3) is 0 Å². The average molecular weight is 96.2 g/mol. The van der Waals surface area contributed by atoms with Gasteiger partial charge in [-0.15, -0.1) is 0 Å². The van der Waals surface area contributed by atoms with E-state index in [1.165, 1.54) is 24.2 Å². The fraction of sp³-hybridized carbons (Fsp3) is 1.00. The Morgan fingerprint density at radius 1 is 1.29 bits per heavy atom. The third-order valence-electron chi connectivity index (χ3n) is 2.81. The molecule has 7 heavy (non-hydrogen) atoms. The van der Waals surface area contributed by atoms with Gasteiger partial charge in [0.2, 0.25) is 0 Å². The maximum absolute atomic E-state index is 2.32. The SMILES string of the molecule is CCC1C2CCC12. The lowest BCUT2D eigenvalue weighted by Crippen LogP contribution is -1.93. The van der Waals surface area contributed by atoms with Crippen molar-refractivity contribution in [3.63, 3.8) is 0 Å². The lowest BCUT2D eigenvalue weighted by Gasteiger charge is -2.04. The Morgan fingerprint density at radius 2 is 1.86 bits per heavy atom. The second kappa shape index (κ2) is 1.04. The van der Waals surface area contributed by atoms with E-state index in [2.05, 4.69) is 6.92 Å². The van der Waals surface area contributed by atoms with Crippen LogP contribution in [0.1, 0.15) is 26.2 Å². The van der Waals surface area contributed by atoms with Gasteiger partial charge in [-0.1, -0.05) is 13.3 Å². The molecule has 2 aliphatic rings. The number of fused-ring (bicyclic) bond motifs is 1. The zero-order valence-electron chi connectivity index (χ0n) is 4.85. The monoisotopic (exact) mass is 96.1 g/mol. The van der Waals surface area contributed by atoms with Crippen LogP contribution in [0, 0.1) is 17.8 Å². The summed E-state index contributed by atoms with van der Waals surface area (Å²) in [5.74, 6) is 3.61. The minimum atomic E-state index is 1.18. The van der Waals surface area contributed by atoms with Gasteiger partial charge in [-0.05, 0) is 30.6 Å². The molecule has 2 saturated carbocycles. The molecule has 0 saturated heterocycles. The van der Waals surface area contributed by atoms with Crippen molar-refractivity contribution >= 4 is 0 Å². The van der Waals surface area contributed by atoms with E-state index in [0.29, 0.717) is 0 Å². The lowest BCUT2D eigenvalue weighted by atomic mass is 10.0. The topological polar surface area (TPSA) is 0 Å². The van der Waals surface area contributed by atoms with Gasteiger partial charge < -0.3 is 0 Å². The summed E-state index contributed by atoms with van der Waals surface area (Å²) in [6, 6.07) is 0. The quantitative estimate of drug-likeness (QED) is 0.468. The highest BCUT2D eigenvalue weighted by Crippen LogP contribution is 2.62. The van der Waals surface area contributed by atoms with Gasteiger partial charge in [0.25, 0.3) is 0 Å². The van der Waals surface area contributed by atoms with Crippen LogP contribution in [0.5, 0.6) is 0 Å². The predicted octanol–water partition coefficient (Wildman–Crippen LogP) is 2.05. The fourth-order valence-corrected chi connectivity index (χ4v) is 2.11. The lowest BCUT2D eigenvalue weighted by molar-refractivity contribution is 0.468. The summed E-state index contributed by atoms with van der Waals surface area (Å²) < 4.78 is 0. The molecule has 2 aliphatic carbocycles. The molecule has 2 rings (SSSR count). The zero-order valence-corrected chi connectivity index (χ0v) is 4.85. The van der Waals surface area contributed by atoms with E-state index in [1.807, 2.05) is 0 Å². The molecule has 0 heteroatoms. The summed E-state index contributed by atoms with van der Waals surface area (Å²) in [6.07, 6.45) is 4.57. The molecule has 0 aromatic carbocycles. The van der Waals surface area contributed by atoms with Crippen LogP contribution in [0.2, 0.25) is 0 Å².